The van der Waals surface area contributed by atoms with Crippen molar-refractivity contribution >= 4 is 11.6 Å². The molecule has 140 valence electrons. The van der Waals surface area contributed by atoms with E-state index >= 15 is 0 Å². The summed E-state index contributed by atoms with van der Waals surface area (Å²) in [5.41, 5.74) is 0.739. The number of unbranched alkanes of at least 4 members (excludes halogenated alkanes) is 3. The van der Waals surface area contributed by atoms with Gasteiger partial charge in [0.05, 0.1) is 6.61 Å². The Kier molecular flexibility index (Phi) is 8.53. The van der Waals surface area contributed by atoms with Gasteiger partial charge in [0, 0.05) is 5.69 Å². The minimum atomic E-state index is -0.521. The molecule has 0 saturated carbocycles. The molecule has 0 radical (unpaired) electrons. The third-order valence-corrected chi connectivity index (χ3v) is 4.07. The first-order valence-electron chi connectivity index (χ1n) is 9.48. The summed E-state index contributed by atoms with van der Waals surface area (Å²) in [7, 11) is 0. The van der Waals surface area contributed by atoms with Crippen molar-refractivity contribution in [1.82, 2.24) is 0 Å². The number of nitrogens with one attached hydrogen (secondary N) is 1. The average molecular weight is 355 g/mol. The van der Waals surface area contributed by atoms with E-state index in [0.29, 0.717) is 12.2 Å². The number of benzene rings is 2. The van der Waals surface area contributed by atoms with E-state index in [1.807, 2.05) is 61.5 Å². The minimum Gasteiger partial charge on any atom is -0.494 e. The molecule has 0 aliphatic heterocycles. The van der Waals surface area contributed by atoms with Gasteiger partial charge < -0.3 is 14.8 Å². The van der Waals surface area contributed by atoms with Crippen molar-refractivity contribution in [3.63, 3.8) is 0 Å². The van der Waals surface area contributed by atoms with Gasteiger partial charge in [-0.15, -0.1) is 0 Å². The normalized spacial score (nSPS) is 11.6. The standard InChI is InChI=1S/C22H29NO3/c1-3-5-6-10-17-25-19-15-13-18(14-16-19)23-22(24)21(4-2)26-20-11-8-7-9-12-20/h7-9,11-16,21H,3-6,10,17H2,1-2H3,(H,23,24). The molecule has 2 aromatic carbocycles. The molecule has 26 heavy (non-hydrogen) atoms. The predicted octanol–water partition coefficient (Wildman–Crippen LogP) is 5.44. The molecule has 0 saturated heterocycles. The topological polar surface area (TPSA) is 47.6 Å². The molecule has 1 unspecified atom stereocenters. The highest BCUT2D eigenvalue weighted by molar-refractivity contribution is 5.94. The van der Waals surface area contributed by atoms with E-state index in [1.165, 1.54) is 19.3 Å². The monoisotopic (exact) mass is 355 g/mol. The Morgan fingerprint density at radius 1 is 0.923 bits per heavy atom. The zero-order chi connectivity index (χ0) is 18.6. The molecule has 0 heterocycles. The number of carbonyl (C=O) groups excluding carboxylic acids is 1. The lowest BCUT2D eigenvalue weighted by atomic mass is 10.2. The van der Waals surface area contributed by atoms with E-state index in [-0.39, 0.29) is 5.91 Å². The van der Waals surface area contributed by atoms with Gasteiger partial charge in [0.2, 0.25) is 0 Å². The zero-order valence-corrected chi connectivity index (χ0v) is 15.7. The van der Waals surface area contributed by atoms with Gasteiger partial charge in [-0.1, -0.05) is 51.3 Å². The summed E-state index contributed by atoms with van der Waals surface area (Å²) in [4.78, 5) is 12.4. The zero-order valence-electron chi connectivity index (χ0n) is 15.7. The van der Waals surface area contributed by atoms with Crippen LogP contribution in [0.1, 0.15) is 46.0 Å². The molecule has 0 spiro atoms. The molecule has 1 N–H and O–H groups in total. The van der Waals surface area contributed by atoms with E-state index in [1.54, 1.807) is 0 Å². The Morgan fingerprint density at radius 3 is 2.31 bits per heavy atom. The number of para-hydroxylation sites is 1. The first kappa shape index (κ1) is 19.8. The van der Waals surface area contributed by atoms with Crippen LogP contribution in [-0.2, 0) is 4.79 Å². The molecule has 2 aromatic rings. The number of hydrogen-bond acceptors (Lipinski definition) is 3. The van der Waals surface area contributed by atoms with Gasteiger partial charge in [-0.3, -0.25) is 4.79 Å². The minimum absolute atomic E-state index is 0.149. The maximum Gasteiger partial charge on any atom is 0.265 e. The summed E-state index contributed by atoms with van der Waals surface area (Å²) >= 11 is 0. The molecule has 0 aromatic heterocycles. The number of hydrogen-bond donors (Lipinski definition) is 1. The van der Waals surface area contributed by atoms with E-state index in [9.17, 15) is 4.79 Å². The second-order valence-corrected chi connectivity index (χ2v) is 6.25. The van der Waals surface area contributed by atoms with Crippen LogP contribution in [0.3, 0.4) is 0 Å². The molecule has 2 rings (SSSR count). The number of anilines is 1. The lowest BCUT2D eigenvalue weighted by Crippen LogP contribution is -2.32. The second-order valence-electron chi connectivity index (χ2n) is 6.25. The van der Waals surface area contributed by atoms with E-state index < -0.39 is 6.10 Å². The molecule has 0 aliphatic carbocycles. The summed E-state index contributed by atoms with van der Waals surface area (Å²) in [6.45, 7) is 4.86. The maximum atomic E-state index is 12.4. The first-order chi connectivity index (χ1) is 12.7. The van der Waals surface area contributed by atoms with Crippen molar-refractivity contribution in [2.75, 3.05) is 11.9 Å². The van der Waals surface area contributed by atoms with Crippen LogP contribution >= 0.6 is 0 Å². The molecular formula is C22H29NO3. The van der Waals surface area contributed by atoms with Crippen LogP contribution < -0.4 is 14.8 Å². The SMILES string of the molecule is CCCCCCOc1ccc(NC(=O)C(CC)Oc2ccccc2)cc1. The molecule has 4 heteroatoms. The van der Waals surface area contributed by atoms with Crippen molar-refractivity contribution in [2.45, 2.75) is 52.1 Å². The lowest BCUT2D eigenvalue weighted by Gasteiger charge is -2.17. The third-order valence-electron chi connectivity index (χ3n) is 4.07. The van der Waals surface area contributed by atoms with Gasteiger partial charge in [-0.05, 0) is 49.2 Å². The average Bonchev–Trinajstić information content (AvgIpc) is 2.68. The van der Waals surface area contributed by atoms with Crippen LogP contribution in [0.5, 0.6) is 11.5 Å². The molecule has 1 atom stereocenters. The summed E-state index contributed by atoms with van der Waals surface area (Å²) in [5.74, 6) is 1.37. The fraction of sp³-hybridized carbons (Fsp3) is 0.409. The highest BCUT2D eigenvalue weighted by Gasteiger charge is 2.18. The highest BCUT2D eigenvalue weighted by atomic mass is 16.5. The quantitative estimate of drug-likeness (QED) is 0.546. The van der Waals surface area contributed by atoms with Crippen molar-refractivity contribution in [1.29, 1.82) is 0 Å². The van der Waals surface area contributed by atoms with Crippen LogP contribution in [-0.4, -0.2) is 18.6 Å². The van der Waals surface area contributed by atoms with Crippen molar-refractivity contribution in [3.05, 3.63) is 54.6 Å². The van der Waals surface area contributed by atoms with Crippen molar-refractivity contribution in [3.8, 4) is 11.5 Å². The maximum absolute atomic E-state index is 12.4. The van der Waals surface area contributed by atoms with E-state index in [2.05, 4.69) is 12.2 Å². The summed E-state index contributed by atoms with van der Waals surface area (Å²) < 4.78 is 11.5. The number of ether oxygens (including phenoxy) is 2. The van der Waals surface area contributed by atoms with Gasteiger partial charge in [0.25, 0.3) is 5.91 Å². The molecule has 4 nitrogen and oxygen atoms in total. The van der Waals surface area contributed by atoms with Crippen LogP contribution in [0.15, 0.2) is 54.6 Å². The Balaban J connectivity index is 1.82. The second kappa shape index (κ2) is 11.2. The van der Waals surface area contributed by atoms with E-state index in [4.69, 9.17) is 9.47 Å². The molecule has 0 aliphatic rings. The van der Waals surface area contributed by atoms with Crippen molar-refractivity contribution in [2.24, 2.45) is 0 Å². The van der Waals surface area contributed by atoms with Crippen LogP contribution in [0.4, 0.5) is 5.69 Å². The fourth-order valence-electron chi connectivity index (χ4n) is 2.56. The van der Waals surface area contributed by atoms with Crippen LogP contribution in [0, 0.1) is 0 Å². The largest absolute Gasteiger partial charge is 0.494 e. The lowest BCUT2D eigenvalue weighted by molar-refractivity contribution is -0.122. The number of carbonyl (C=O) groups is 1. The number of amides is 1. The van der Waals surface area contributed by atoms with E-state index in [0.717, 1.165) is 24.5 Å². The van der Waals surface area contributed by atoms with Gasteiger partial charge >= 0.3 is 0 Å². The van der Waals surface area contributed by atoms with Crippen molar-refractivity contribution < 1.29 is 14.3 Å². The third kappa shape index (κ3) is 6.79. The van der Waals surface area contributed by atoms with Gasteiger partial charge in [-0.2, -0.15) is 0 Å². The predicted molar refractivity (Wildman–Crippen MR) is 106 cm³/mol. The highest BCUT2D eigenvalue weighted by Crippen LogP contribution is 2.18. The molecule has 1 amide bonds. The first-order valence-corrected chi connectivity index (χ1v) is 9.48. The van der Waals surface area contributed by atoms with Crippen LogP contribution in [0.25, 0.3) is 0 Å². The van der Waals surface area contributed by atoms with Gasteiger partial charge in [0.15, 0.2) is 6.10 Å². The Labute approximate surface area is 156 Å². The molecular weight excluding hydrogens is 326 g/mol. The summed E-state index contributed by atoms with van der Waals surface area (Å²) in [5, 5.41) is 2.90. The fourth-order valence-corrected chi connectivity index (χ4v) is 2.56. The molecule has 0 bridgehead atoms. The summed E-state index contributed by atoms with van der Waals surface area (Å²) in [6.07, 6.45) is 4.82. The Hall–Kier alpha value is -2.49. The Bertz CT molecular complexity index is 640. The summed E-state index contributed by atoms with van der Waals surface area (Å²) in [6, 6.07) is 16.9. The number of rotatable bonds is 11. The Morgan fingerprint density at radius 2 is 1.65 bits per heavy atom. The smallest absolute Gasteiger partial charge is 0.265 e. The van der Waals surface area contributed by atoms with Gasteiger partial charge in [-0.25, -0.2) is 0 Å². The van der Waals surface area contributed by atoms with Gasteiger partial charge in [0.1, 0.15) is 11.5 Å². The molecule has 0 fully saturated rings. The van der Waals surface area contributed by atoms with Crippen LogP contribution in [0.2, 0.25) is 0 Å².